The van der Waals surface area contributed by atoms with E-state index in [0.717, 1.165) is 17.1 Å². The molecule has 1 aromatic heterocycles. The fraction of sp³-hybridized carbons (Fsp3) is 0.0526. The fourth-order valence-corrected chi connectivity index (χ4v) is 10.1. The molecule has 0 atom stereocenters. The molecule has 0 unspecified atom stereocenters. The van der Waals surface area contributed by atoms with Crippen molar-refractivity contribution in [2.45, 2.75) is 19.3 Å². The van der Waals surface area contributed by atoms with E-state index >= 15 is 0 Å². The zero-order valence-corrected chi connectivity index (χ0v) is 33.0. The van der Waals surface area contributed by atoms with Crippen molar-refractivity contribution < 1.29 is 0 Å². The summed E-state index contributed by atoms with van der Waals surface area (Å²) in [6.07, 6.45) is 0. The van der Waals surface area contributed by atoms with E-state index in [1.54, 1.807) is 0 Å². The van der Waals surface area contributed by atoms with Crippen LogP contribution in [0.3, 0.4) is 0 Å². The summed E-state index contributed by atoms with van der Waals surface area (Å²) >= 11 is 0. The SMILES string of the molecule is CC1(C)c2cc(N(c3ccc(-c4ccccc4)cc3)c3cccc4ccccc34)ccc2-c2ccc(-n3c4ccc5ccccc5c4c4c5ccccc5ccc43)cc21. The van der Waals surface area contributed by atoms with E-state index in [0.29, 0.717) is 0 Å². The molecule has 0 saturated heterocycles. The van der Waals surface area contributed by atoms with E-state index in [4.69, 9.17) is 0 Å². The number of fused-ring (bicyclic) bond motifs is 11. The minimum absolute atomic E-state index is 0.240. The fourth-order valence-electron chi connectivity index (χ4n) is 10.1. The first-order valence-corrected chi connectivity index (χ1v) is 20.6. The van der Waals surface area contributed by atoms with E-state index < -0.39 is 0 Å². The quantitative estimate of drug-likeness (QED) is 0.170. The maximum Gasteiger partial charge on any atom is 0.0547 e. The lowest BCUT2D eigenvalue weighted by Crippen LogP contribution is -2.17. The molecule has 1 aliphatic rings. The van der Waals surface area contributed by atoms with Crippen LogP contribution in [-0.4, -0.2) is 4.57 Å². The highest BCUT2D eigenvalue weighted by molar-refractivity contribution is 6.28. The van der Waals surface area contributed by atoms with E-state index in [1.165, 1.54) is 93.2 Å². The molecule has 1 aliphatic carbocycles. The lowest BCUT2D eigenvalue weighted by atomic mass is 9.82. The van der Waals surface area contributed by atoms with Gasteiger partial charge in [-0.3, -0.25) is 0 Å². The van der Waals surface area contributed by atoms with Gasteiger partial charge in [-0.2, -0.15) is 0 Å². The highest BCUT2D eigenvalue weighted by Gasteiger charge is 2.37. The van der Waals surface area contributed by atoms with Gasteiger partial charge in [-0.05, 0) is 115 Å². The van der Waals surface area contributed by atoms with Crippen molar-refractivity contribution in [3.63, 3.8) is 0 Å². The topological polar surface area (TPSA) is 8.17 Å². The minimum Gasteiger partial charge on any atom is -0.310 e. The smallest absolute Gasteiger partial charge is 0.0547 e. The van der Waals surface area contributed by atoms with Gasteiger partial charge in [0.15, 0.2) is 0 Å². The molecule has 0 saturated carbocycles. The summed E-state index contributed by atoms with van der Waals surface area (Å²) in [6, 6.07) is 76.1. The highest BCUT2D eigenvalue weighted by Crippen LogP contribution is 2.52. The molecule has 0 N–H and O–H groups in total. The van der Waals surface area contributed by atoms with Crippen molar-refractivity contribution in [3.8, 4) is 27.9 Å². The van der Waals surface area contributed by atoms with Crippen LogP contribution < -0.4 is 4.90 Å². The Morgan fingerprint density at radius 3 is 1.56 bits per heavy atom. The average molecular weight is 753 g/mol. The van der Waals surface area contributed by atoms with Crippen LogP contribution in [0.1, 0.15) is 25.0 Å². The largest absolute Gasteiger partial charge is 0.310 e. The third-order valence-electron chi connectivity index (χ3n) is 12.9. The first kappa shape index (κ1) is 33.7. The Labute approximate surface area is 343 Å². The van der Waals surface area contributed by atoms with Gasteiger partial charge in [-0.1, -0.05) is 166 Å². The molecule has 0 fully saturated rings. The van der Waals surface area contributed by atoms with E-state index in [2.05, 4.69) is 230 Å². The van der Waals surface area contributed by atoms with Crippen molar-refractivity contribution in [3.05, 3.63) is 217 Å². The molecule has 278 valence electrons. The molecule has 59 heavy (non-hydrogen) atoms. The highest BCUT2D eigenvalue weighted by atomic mass is 15.1. The van der Waals surface area contributed by atoms with Gasteiger partial charge in [-0.25, -0.2) is 0 Å². The van der Waals surface area contributed by atoms with Gasteiger partial charge in [0.1, 0.15) is 0 Å². The van der Waals surface area contributed by atoms with Gasteiger partial charge in [0.05, 0.1) is 16.7 Å². The van der Waals surface area contributed by atoms with Crippen LogP contribution >= 0.6 is 0 Å². The second-order valence-corrected chi connectivity index (χ2v) is 16.5. The molecule has 10 aromatic carbocycles. The Hall–Kier alpha value is -7.42. The van der Waals surface area contributed by atoms with Crippen molar-refractivity contribution >= 4 is 71.2 Å². The lowest BCUT2D eigenvalue weighted by Gasteiger charge is -2.29. The molecule has 1 heterocycles. The standard InChI is InChI=1S/C57H40N2/c1-57(2)50-35-43(58(52-22-12-18-39-15-6-9-19-45(39)52)42-27-23-38(24-28-42)37-13-4-3-5-14-37)29-31-48(50)49-32-30-44(36-51(49)57)59-53-33-25-40-16-7-10-20-46(40)55(53)56-47-21-11-8-17-41(47)26-34-54(56)59/h3-36H,1-2H3. The van der Waals surface area contributed by atoms with Crippen LogP contribution in [0, 0.1) is 0 Å². The predicted octanol–water partition coefficient (Wildman–Crippen LogP) is 15.7. The zero-order chi connectivity index (χ0) is 39.2. The average Bonchev–Trinajstić information content (AvgIpc) is 3.75. The maximum atomic E-state index is 2.50. The number of aromatic nitrogens is 1. The number of nitrogens with zero attached hydrogens (tertiary/aromatic N) is 2. The van der Waals surface area contributed by atoms with Crippen molar-refractivity contribution in [2.24, 2.45) is 0 Å². The molecule has 2 nitrogen and oxygen atoms in total. The Morgan fingerprint density at radius 2 is 0.898 bits per heavy atom. The van der Waals surface area contributed by atoms with Crippen LogP contribution in [0.4, 0.5) is 17.1 Å². The first-order chi connectivity index (χ1) is 29.0. The summed E-state index contributed by atoms with van der Waals surface area (Å²) in [6.45, 7) is 4.80. The number of hydrogen-bond acceptors (Lipinski definition) is 1. The van der Waals surface area contributed by atoms with Gasteiger partial charge in [0.25, 0.3) is 0 Å². The van der Waals surface area contributed by atoms with Crippen molar-refractivity contribution in [1.29, 1.82) is 0 Å². The van der Waals surface area contributed by atoms with E-state index in [1.807, 2.05) is 0 Å². The number of hydrogen-bond donors (Lipinski definition) is 0. The first-order valence-electron chi connectivity index (χ1n) is 20.6. The summed E-state index contributed by atoms with van der Waals surface area (Å²) in [4.78, 5) is 2.44. The summed E-state index contributed by atoms with van der Waals surface area (Å²) in [5, 5.41) is 10.2. The predicted molar refractivity (Wildman–Crippen MR) is 251 cm³/mol. The Kier molecular flexibility index (Phi) is 7.31. The van der Waals surface area contributed by atoms with E-state index in [-0.39, 0.29) is 5.41 Å². The summed E-state index contributed by atoms with van der Waals surface area (Å²) in [5.74, 6) is 0. The zero-order valence-electron chi connectivity index (χ0n) is 33.0. The maximum absolute atomic E-state index is 2.50. The summed E-state index contributed by atoms with van der Waals surface area (Å²) < 4.78 is 2.50. The van der Waals surface area contributed by atoms with Crippen molar-refractivity contribution in [2.75, 3.05) is 4.90 Å². The molecule has 0 radical (unpaired) electrons. The van der Waals surface area contributed by atoms with Crippen LogP contribution in [0.2, 0.25) is 0 Å². The van der Waals surface area contributed by atoms with Crippen LogP contribution in [0.25, 0.3) is 82.1 Å². The molecule has 0 aliphatic heterocycles. The molecule has 0 spiro atoms. The third-order valence-corrected chi connectivity index (χ3v) is 12.9. The lowest BCUT2D eigenvalue weighted by molar-refractivity contribution is 0.660. The van der Waals surface area contributed by atoms with Crippen molar-refractivity contribution in [1.82, 2.24) is 4.57 Å². The molecule has 0 amide bonds. The van der Waals surface area contributed by atoms with Crippen LogP contribution in [-0.2, 0) is 5.41 Å². The molecular weight excluding hydrogens is 713 g/mol. The number of rotatable bonds is 5. The van der Waals surface area contributed by atoms with Gasteiger partial charge in [0, 0.05) is 38.6 Å². The van der Waals surface area contributed by atoms with Gasteiger partial charge < -0.3 is 9.47 Å². The normalized spacial score (nSPS) is 13.1. The second-order valence-electron chi connectivity index (χ2n) is 16.5. The van der Waals surface area contributed by atoms with Crippen LogP contribution in [0.5, 0.6) is 0 Å². The number of benzene rings is 10. The van der Waals surface area contributed by atoms with Crippen LogP contribution in [0.15, 0.2) is 206 Å². The van der Waals surface area contributed by atoms with Gasteiger partial charge in [0.2, 0.25) is 0 Å². The van der Waals surface area contributed by atoms with Gasteiger partial charge >= 0.3 is 0 Å². The van der Waals surface area contributed by atoms with E-state index in [9.17, 15) is 0 Å². The second kappa shape index (κ2) is 12.8. The monoisotopic (exact) mass is 752 g/mol. The Balaban J connectivity index is 1.02. The molecule has 0 bridgehead atoms. The Morgan fingerprint density at radius 1 is 0.390 bits per heavy atom. The van der Waals surface area contributed by atoms with Gasteiger partial charge in [-0.15, -0.1) is 0 Å². The molecule has 2 heteroatoms. The summed E-state index contributed by atoms with van der Waals surface area (Å²) in [7, 11) is 0. The molecule has 11 aromatic rings. The number of anilines is 3. The minimum atomic E-state index is -0.240. The molecule has 12 rings (SSSR count). The molecular formula is C57H40N2. The summed E-state index contributed by atoms with van der Waals surface area (Å²) in [5.41, 5.74) is 14.6. The Bertz CT molecular complexity index is 3360. The third kappa shape index (κ3) is 5.06.